The van der Waals surface area contributed by atoms with Crippen LogP contribution in [0.2, 0.25) is 0 Å². The minimum absolute atomic E-state index is 0.618. The van der Waals surface area contributed by atoms with Crippen molar-refractivity contribution in [3.8, 4) is 11.5 Å². The van der Waals surface area contributed by atoms with Gasteiger partial charge in [-0.15, -0.1) is 0 Å². The molecule has 0 bridgehead atoms. The van der Waals surface area contributed by atoms with E-state index in [2.05, 4.69) is 36.5 Å². The molecular weight excluding hydrogens is 262 g/mol. The van der Waals surface area contributed by atoms with Crippen LogP contribution in [0, 0.1) is 0 Å². The van der Waals surface area contributed by atoms with Gasteiger partial charge in [0.15, 0.2) is 11.5 Å². The Morgan fingerprint density at radius 3 is 2.24 bits per heavy atom. The second kappa shape index (κ2) is 8.32. The number of aryl methyl sites for hydroxylation is 1. The lowest BCUT2D eigenvalue weighted by Crippen LogP contribution is -2.20. The summed E-state index contributed by atoms with van der Waals surface area (Å²) >= 11 is 0. The van der Waals surface area contributed by atoms with Crippen molar-refractivity contribution in [2.24, 2.45) is 0 Å². The van der Waals surface area contributed by atoms with E-state index in [1.807, 2.05) is 24.3 Å². The van der Waals surface area contributed by atoms with Crippen LogP contribution in [-0.4, -0.2) is 20.3 Å². The summed E-state index contributed by atoms with van der Waals surface area (Å²) in [6.45, 7) is 4.45. The van der Waals surface area contributed by atoms with Gasteiger partial charge in [-0.1, -0.05) is 43.3 Å². The van der Waals surface area contributed by atoms with Crippen LogP contribution in [0.4, 0.5) is 0 Å². The van der Waals surface area contributed by atoms with Gasteiger partial charge in [0.25, 0.3) is 0 Å². The molecule has 0 unspecified atom stereocenters. The highest BCUT2D eigenvalue weighted by atomic mass is 16.5. The number of hydrogen-bond acceptors (Lipinski definition) is 3. The van der Waals surface area contributed by atoms with E-state index < -0.39 is 0 Å². The van der Waals surface area contributed by atoms with E-state index in [9.17, 15) is 0 Å². The first-order valence-electron chi connectivity index (χ1n) is 7.38. The van der Waals surface area contributed by atoms with Gasteiger partial charge in [0, 0.05) is 13.1 Å². The second-order valence-electron chi connectivity index (χ2n) is 4.85. The van der Waals surface area contributed by atoms with Gasteiger partial charge < -0.3 is 14.8 Å². The normalized spacial score (nSPS) is 10.4. The topological polar surface area (TPSA) is 30.5 Å². The lowest BCUT2D eigenvalue weighted by atomic mass is 10.1. The average Bonchev–Trinajstić information content (AvgIpc) is 2.55. The summed E-state index contributed by atoms with van der Waals surface area (Å²) < 4.78 is 11.0. The van der Waals surface area contributed by atoms with Crippen LogP contribution in [0.25, 0.3) is 0 Å². The van der Waals surface area contributed by atoms with Crippen LogP contribution in [0.5, 0.6) is 11.5 Å². The van der Waals surface area contributed by atoms with Crippen LogP contribution in [0.3, 0.4) is 0 Å². The molecule has 0 saturated heterocycles. The first-order valence-corrected chi connectivity index (χ1v) is 7.38. The Morgan fingerprint density at radius 1 is 0.905 bits per heavy atom. The molecule has 1 N–H and O–H groups in total. The molecule has 0 aliphatic carbocycles. The van der Waals surface area contributed by atoms with Crippen molar-refractivity contribution >= 4 is 0 Å². The van der Waals surface area contributed by atoms with Gasteiger partial charge >= 0.3 is 0 Å². The summed E-state index contributed by atoms with van der Waals surface area (Å²) in [6.07, 6.45) is 1.08. The maximum atomic E-state index is 5.71. The molecule has 0 spiro atoms. The molecule has 0 saturated carbocycles. The lowest BCUT2D eigenvalue weighted by Gasteiger charge is -2.11. The highest BCUT2D eigenvalue weighted by Crippen LogP contribution is 2.25. The lowest BCUT2D eigenvalue weighted by molar-refractivity contribution is 0.292. The molecular formula is C18H23NO2. The number of nitrogens with one attached hydrogen (secondary N) is 1. The predicted octanol–water partition coefficient (Wildman–Crippen LogP) is 3.43. The first-order chi connectivity index (χ1) is 10.3. The largest absolute Gasteiger partial charge is 0.493 e. The summed E-state index contributed by atoms with van der Waals surface area (Å²) in [5.74, 6) is 1.56. The molecule has 2 rings (SSSR count). The van der Waals surface area contributed by atoms with E-state index in [4.69, 9.17) is 9.47 Å². The minimum atomic E-state index is 0.618. The summed E-state index contributed by atoms with van der Waals surface area (Å²) in [4.78, 5) is 0. The van der Waals surface area contributed by atoms with Gasteiger partial charge in [-0.05, 0) is 29.7 Å². The van der Waals surface area contributed by atoms with Crippen molar-refractivity contribution in [1.29, 1.82) is 0 Å². The molecule has 0 fully saturated rings. The highest BCUT2D eigenvalue weighted by molar-refractivity contribution is 5.39. The van der Waals surface area contributed by atoms with E-state index in [1.54, 1.807) is 7.11 Å². The number of para-hydroxylation sites is 2. The number of rotatable bonds is 8. The Kier molecular flexibility index (Phi) is 6.10. The fraction of sp³-hybridized carbons (Fsp3) is 0.333. The van der Waals surface area contributed by atoms with Crippen LogP contribution in [-0.2, 0) is 13.0 Å². The molecule has 0 radical (unpaired) electrons. The standard InChI is InChI=1S/C18H23NO2/c1-3-15-8-10-16(11-9-15)14-19-12-13-21-18-7-5-4-6-17(18)20-2/h4-11,19H,3,12-14H2,1-2H3. The van der Waals surface area contributed by atoms with Gasteiger partial charge in [0.1, 0.15) is 6.61 Å². The van der Waals surface area contributed by atoms with Crippen molar-refractivity contribution in [2.45, 2.75) is 19.9 Å². The number of benzene rings is 2. The van der Waals surface area contributed by atoms with Crippen LogP contribution in [0.15, 0.2) is 48.5 Å². The smallest absolute Gasteiger partial charge is 0.161 e. The predicted molar refractivity (Wildman–Crippen MR) is 86.0 cm³/mol. The third-order valence-corrected chi connectivity index (χ3v) is 3.37. The molecule has 2 aromatic rings. The Hall–Kier alpha value is -2.00. The molecule has 112 valence electrons. The molecule has 0 aromatic heterocycles. The van der Waals surface area contributed by atoms with Crippen molar-refractivity contribution in [2.75, 3.05) is 20.3 Å². The minimum Gasteiger partial charge on any atom is -0.493 e. The number of ether oxygens (including phenoxy) is 2. The van der Waals surface area contributed by atoms with E-state index in [1.165, 1.54) is 11.1 Å². The van der Waals surface area contributed by atoms with Crippen LogP contribution in [0.1, 0.15) is 18.1 Å². The molecule has 0 amide bonds. The van der Waals surface area contributed by atoms with Crippen molar-refractivity contribution < 1.29 is 9.47 Å². The van der Waals surface area contributed by atoms with E-state index in [0.717, 1.165) is 31.0 Å². The summed E-state index contributed by atoms with van der Waals surface area (Å²) in [6, 6.07) is 16.4. The summed E-state index contributed by atoms with van der Waals surface area (Å²) in [5.41, 5.74) is 2.67. The third kappa shape index (κ3) is 4.80. The second-order valence-corrected chi connectivity index (χ2v) is 4.85. The average molecular weight is 285 g/mol. The van der Waals surface area contributed by atoms with Gasteiger partial charge in [-0.2, -0.15) is 0 Å². The Balaban J connectivity index is 1.70. The quantitative estimate of drug-likeness (QED) is 0.754. The maximum absolute atomic E-state index is 5.71. The van der Waals surface area contributed by atoms with E-state index in [0.29, 0.717) is 6.61 Å². The van der Waals surface area contributed by atoms with Crippen LogP contribution >= 0.6 is 0 Å². The van der Waals surface area contributed by atoms with Crippen molar-refractivity contribution in [3.05, 3.63) is 59.7 Å². The zero-order valence-electron chi connectivity index (χ0n) is 12.8. The molecule has 2 aromatic carbocycles. The third-order valence-electron chi connectivity index (χ3n) is 3.37. The van der Waals surface area contributed by atoms with E-state index >= 15 is 0 Å². The Morgan fingerprint density at radius 2 is 1.57 bits per heavy atom. The van der Waals surface area contributed by atoms with Crippen LogP contribution < -0.4 is 14.8 Å². The van der Waals surface area contributed by atoms with Gasteiger partial charge in [-0.25, -0.2) is 0 Å². The zero-order chi connectivity index (χ0) is 14.9. The molecule has 0 heterocycles. The SMILES string of the molecule is CCc1ccc(CNCCOc2ccccc2OC)cc1. The molecule has 0 aliphatic heterocycles. The van der Waals surface area contributed by atoms with Gasteiger partial charge in [-0.3, -0.25) is 0 Å². The van der Waals surface area contributed by atoms with E-state index in [-0.39, 0.29) is 0 Å². The molecule has 3 nitrogen and oxygen atoms in total. The first kappa shape index (κ1) is 15.4. The Labute approximate surface area is 126 Å². The molecule has 21 heavy (non-hydrogen) atoms. The number of methoxy groups -OCH3 is 1. The monoisotopic (exact) mass is 285 g/mol. The highest BCUT2D eigenvalue weighted by Gasteiger charge is 2.01. The Bertz CT molecular complexity index is 537. The summed E-state index contributed by atoms with van der Waals surface area (Å²) in [7, 11) is 1.65. The summed E-state index contributed by atoms with van der Waals surface area (Å²) in [5, 5.41) is 3.38. The van der Waals surface area contributed by atoms with Gasteiger partial charge in [0.2, 0.25) is 0 Å². The fourth-order valence-corrected chi connectivity index (χ4v) is 2.10. The maximum Gasteiger partial charge on any atom is 0.161 e. The van der Waals surface area contributed by atoms with Crippen molar-refractivity contribution in [1.82, 2.24) is 5.32 Å². The van der Waals surface area contributed by atoms with Crippen molar-refractivity contribution in [3.63, 3.8) is 0 Å². The molecule has 0 aliphatic rings. The number of hydrogen-bond donors (Lipinski definition) is 1. The molecule has 0 atom stereocenters. The molecule has 3 heteroatoms. The fourth-order valence-electron chi connectivity index (χ4n) is 2.10. The zero-order valence-corrected chi connectivity index (χ0v) is 12.8. The van der Waals surface area contributed by atoms with Gasteiger partial charge in [0.05, 0.1) is 7.11 Å².